The molecule has 0 saturated carbocycles. The summed E-state index contributed by atoms with van der Waals surface area (Å²) in [6.07, 6.45) is -4.05. The summed E-state index contributed by atoms with van der Waals surface area (Å²) in [4.78, 5) is 28.1. The van der Waals surface area contributed by atoms with E-state index in [9.17, 15) is 22.8 Å². The Hall–Kier alpha value is -1.96. The van der Waals surface area contributed by atoms with Crippen LogP contribution in [0.25, 0.3) is 0 Å². The van der Waals surface area contributed by atoms with Gasteiger partial charge in [0.1, 0.15) is 6.04 Å². The molecule has 0 unspecified atom stereocenters. The van der Waals surface area contributed by atoms with Gasteiger partial charge in [-0.25, -0.2) is 0 Å². The van der Waals surface area contributed by atoms with Gasteiger partial charge >= 0.3 is 6.18 Å². The highest BCUT2D eigenvalue weighted by molar-refractivity contribution is 6.33. The van der Waals surface area contributed by atoms with Crippen LogP contribution in [-0.2, 0) is 15.8 Å². The first-order chi connectivity index (χ1) is 13.0. The summed E-state index contributed by atoms with van der Waals surface area (Å²) in [5.74, 6) is -0.210. The van der Waals surface area contributed by atoms with E-state index in [1.807, 2.05) is 13.8 Å². The average molecular weight is 420 g/mol. The molecule has 28 heavy (non-hydrogen) atoms. The molecule has 1 aromatic rings. The lowest BCUT2D eigenvalue weighted by Crippen LogP contribution is -2.54. The predicted octanol–water partition coefficient (Wildman–Crippen LogP) is 3.88. The topological polar surface area (TPSA) is 52.7 Å². The SMILES string of the molecule is CCC(=O)N1CCN(C(=O)[C@@H](Nc2ccc(C(F)(F)F)cc2Cl)C(C)C)CC1. The van der Waals surface area contributed by atoms with Crippen molar-refractivity contribution in [3.63, 3.8) is 0 Å². The Labute approximate surface area is 167 Å². The molecule has 1 heterocycles. The minimum absolute atomic E-state index is 0.0576. The van der Waals surface area contributed by atoms with Crippen LogP contribution in [0.1, 0.15) is 32.8 Å². The number of nitrogens with zero attached hydrogens (tertiary/aromatic N) is 2. The summed E-state index contributed by atoms with van der Waals surface area (Å²) < 4.78 is 38.4. The van der Waals surface area contributed by atoms with Gasteiger partial charge in [-0.1, -0.05) is 32.4 Å². The largest absolute Gasteiger partial charge is 0.416 e. The Morgan fingerprint density at radius 3 is 2.18 bits per heavy atom. The quantitative estimate of drug-likeness (QED) is 0.788. The number of rotatable bonds is 5. The first kappa shape index (κ1) is 22.3. The van der Waals surface area contributed by atoms with E-state index in [1.165, 1.54) is 6.07 Å². The lowest BCUT2D eigenvalue weighted by Gasteiger charge is -2.37. The first-order valence-corrected chi connectivity index (χ1v) is 9.62. The van der Waals surface area contributed by atoms with Gasteiger partial charge in [0.15, 0.2) is 0 Å². The van der Waals surface area contributed by atoms with Crippen molar-refractivity contribution in [2.45, 2.75) is 39.4 Å². The molecule has 0 aliphatic carbocycles. The van der Waals surface area contributed by atoms with Crippen molar-refractivity contribution in [2.75, 3.05) is 31.5 Å². The molecular weight excluding hydrogens is 395 g/mol. The van der Waals surface area contributed by atoms with Gasteiger partial charge in [-0.05, 0) is 24.1 Å². The molecule has 5 nitrogen and oxygen atoms in total. The summed E-state index contributed by atoms with van der Waals surface area (Å²) in [6, 6.07) is 2.39. The van der Waals surface area contributed by atoms with Crippen LogP contribution in [0, 0.1) is 5.92 Å². The van der Waals surface area contributed by atoms with Gasteiger partial charge in [0, 0.05) is 32.6 Å². The first-order valence-electron chi connectivity index (χ1n) is 9.24. The van der Waals surface area contributed by atoms with Crippen LogP contribution < -0.4 is 5.32 Å². The number of hydrogen-bond acceptors (Lipinski definition) is 3. The Balaban J connectivity index is 2.10. The van der Waals surface area contributed by atoms with Crippen LogP contribution in [0.2, 0.25) is 5.02 Å². The maximum absolute atomic E-state index is 13.0. The Bertz CT molecular complexity index is 717. The monoisotopic (exact) mass is 419 g/mol. The maximum atomic E-state index is 13.0. The van der Waals surface area contributed by atoms with E-state index in [2.05, 4.69) is 5.32 Å². The summed E-state index contributed by atoms with van der Waals surface area (Å²) in [6.45, 7) is 7.31. The molecule has 0 aromatic heterocycles. The van der Waals surface area contributed by atoms with E-state index in [0.29, 0.717) is 32.6 Å². The third-order valence-electron chi connectivity index (χ3n) is 4.79. The normalized spacial score (nSPS) is 16.3. The van der Waals surface area contributed by atoms with Gasteiger partial charge in [0.2, 0.25) is 11.8 Å². The van der Waals surface area contributed by atoms with Crippen molar-refractivity contribution >= 4 is 29.1 Å². The van der Waals surface area contributed by atoms with Crippen molar-refractivity contribution in [3.05, 3.63) is 28.8 Å². The summed E-state index contributed by atoms with van der Waals surface area (Å²) in [7, 11) is 0. The van der Waals surface area contributed by atoms with Crippen LogP contribution in [0.15, 0.2) is 18.2 Å². The molecule has 2 amide bonds. The number of amides is 2. The number of alkyl halides is 3. The third-order valence-corrected chi connectivity index (χ3v) is 5.10. The van der Waals surface area contributed by atoms with Gasteiger partial charge in [-0.3, -0.25) is 9.59 Å². The zero-order chi connectivity index (χ0) is 21.1. The smallest absolute Gasteiger partial charge is 0.372 e. The predicted molar refractivity (Wildman–Crippen MR) is 102 cm³/mol. The second-order valence-corrected chi connectivity index (χ2v) is 7.53. The zero-order valence-corrected chi connectivity index (χ0v) is 16.9. The van der Waals surface area contributed by atoms with Gasteiger partial charge in [0.05, 0.1) is 16.3 Å². The van der Waals surface area contributed by atoms with E-state index in [0.717, 1.165) is 12.1 Å². The molecule has 9 heteroatoms. The second kappa shape index (κ2) is 9.03. The average Bonchev–Trinajstić information content (AvgIpc) is 2.65. The number of nitrogens with one attached hydrogen (secondary N) is 1. The minimum Gasteiger partial charge on any atom is -0.372 e. The highest BCUT2D eigenvalue weighted by Crippen LogP contribution is 2.34. The maximum Gasteiger partial charge on any atom is 0.416 e. The number of hydrogen-bond donors (Lipinski definition) is 1. The van der Waals surface area contributed by atoms with Crippen LogP contribution in [0.3, 0.4) is 0 Å². The van der Waals surface area contributed by atoms with E-state index in [4.69, 9.17) is 11.6 Å². The Morgan fingerprint density at radius 2 is 1.71 bits per heavy atom. The van der Waals surface area contributed by atoms with Crippen LogP contribution >= 0.6 is 11.6 Å². The molecule has 1 aliphatic heterocycles. The highest BCUT2D eigenvalue weighted by Gasteiger charge is 2.33. The Kier molecular flexibility index (Phi) is 7.20. The summed E-state index contributed by atoms with van der Waals surface area (Å²) >= 11 is 6.01. The van der Waals surface area contributed by atoms with Crippen molar-refractivity contribution in [1.82, 2.24) is 9.80 Å². The van der Waals surface area contributed by atoms with Crippen LogP contribution in [-0.4, -0.2) is 53.8 Å². The molecular formula is C19H25ClF3N3O2. The molecule has 1 aliphatic rings. The van der Waals surface area contributed by atoms with Crippen molar-refractivity contribution < 1.29 is 22.8 Å². The van der Waals surface area contributed by atoms with E-state index < -0.39 is 17.8 Å². The summed E-state index contributed by atoms with van der Waals surface area (Å²) in [5, 5.41) is 2.91. The molecule has 1 N–H and O–H groups in total. The molecule has 0 spiro atoms. The number of anilines is 1. The number of halogens is 4. The molecule has 1 saturated heterocycles. The fourth-order valence-corrected chi connectivity index (χ4v) is 3.32. The van der Waals surface area contributed by atoms with Crippen LogP contribution in [0.5, 0.6) is 0 Å². The Morgan fingerprint density at radius 1 is 1.14 bits per heavy atom. The molecule has 156 valence electrons. The van der Waals surface area contributed by atoms with Gasteiger partial charge < -0.3 is 15.1 Å². The zero-order valence-electron chi connectivity index (χ0n) is 16.1. The van der Waals surface area contributed by atoms with Gasteiger partial charge in [-0.15, -0.1) is 0 Å². The lowest BCUT2D eigenvalue weighted by atomic mass is 10.0. The van der Waals surface area contributed by atoms with Crippen LogP contribution in [0.4, 0.5) is 18.9 Å². The number of carbonyl (C=O) groups excluding carboxylic acids is 2. The van der Waals surface area contributed by atoms with E-state index >= 15 is 0 Å². The number of piperazine rings is 1. The third kappa shape index (κ3) is 5.31. The van der Waals surface area contributed by atoms with E-state index in [1.54, 1.807) is 16.7 Å². The molecule has 0 bridgehead atoms. The van der Waals surface area contributed by atoms with Crippen molar-refractivity contribution in [3.8, 4) is 0 Å². The molecule has 1 aromatic carbocycles. The molecule has 1 fully saturated rings. The summed E-state index contributed by atoms with van der Waals surface area (Å²) in [5.41, 5.74) is -0.561. The van der Waals surface area contributed by atoms with Gasteiger partial charge in [-0.2, -0.15) is 13.2 Å². The lowest BCUT2D eigenvalue weighted by molar-refractivity contribution is -0.140. The molecule has 1 atom stereocenters. The standard InChI is InChI=1S/C19H25ClF3N3O2/c1-4-16(27)25-7-9-26(10-8-25)18(28)17(12(2)3)24-15-6-5-13(11-14(15)20)19(21,22)23/h5-6,11-12,17,24H,4,7-10H2,1-3H3/t17-/m0/s1. The van der Waals surface area contributed by atoms with E-state index in [-0.39, 0.29) is 28.4 Å². The highest BCUT2D eigenvalue weighted by atomic mass is 35.5. The van der Waals surface area contributed by atoms with Gasteiger partial charge in [0.25, 0.3) is 0 Å². The fraction of sp³-hybridized carbons (Fsp3) is 0.579. The second-order valence-electron chi connectivity index (χ2n) is 7.12. The molecule has 0 radical (unpaired) electrons. The van der Waals surface area contributed by atoms with Crippen molar-refractivity contribution in [2.24, 2.45) is 5.92 Å². The fourth-order valence-electron chi connectivity index (χ4n) is 3.09. The minimum atomic E-state index is -4.48. The van der Waals surface area contributed by atoms with Crippen molar-refractivity contribution in [1.29, 1.82) is 0 Å². The number of carbonyl (C=O) groups is 2. The molecule has 2 rings (SSSR count). The number of benzene rings is 1.